The number of rotatable bonds is 11. The SMILES string of the molecule is Cn1cnc(CCC(=O)CC2CCC(Nc3cc(NC4CC4)c4ncc(C(=O)Nc5ccnc(Cl)c5)n4n3)CC2)c1. The fourth-order valence-electron chi connectivity index (χ4n) is 5.43. The summed E-state index contributed by atoms with van der Waals surface area (Å²) in [7, 11) is 1.94. The number of carbonyl (C=O) groups excluding carboxylic acids is 2. The van der Waals surface area contributed by atoms with E-state index in [0.717, 1.165) is 49.9 Å². The Morgan fingerprint density at radius 2 is 1.80 bits per heavy atom. The van der Waals surface area contributed by atoms with Gasteiger partial charge in [-0.2, -0.15) is 0 Å². The largest absolute Gasteiger partial charge is 0.379 e. The minimum atomic E-state index is -0.338. The van der Waals surface area contributed by atoms with E-state index in [1.165, 1.54) is 6.20 Å². The van der Waals surface area contributed by atoms with Crippen LogP contribution in [0, 0.1) is 5.92 Å². The molecule has 0 aromatic carbocycles. The van der Waals surface area contributed by atoms with E-state index >= 15 is 0 Å². The molecule has 4 heterocycles. The molecule has 41 heavy (non-hydrogen) atoms. The van der Waals surface area contributed by atoms with Crippen molar-refractivity contribution in [1.82, 2.24) is 29.1 Å². The molecule has 2 aliphatic carbocycles. The van der Waals surface area contributed by atoms with Crippen molar-refractivity contribution >= 4 is 46.1 Å². The third-order valence-electron chi connectivity index (χ3n) is 7.76. The number of nitrogens with zero attached hydrogens (tertiary/aromatic N) is 6. The lowest BCUT2D eigenvalue weighted by Crippen LogP contribution is -2.28. The first kappa shape index (κ1) is 27.2. The first-order chi connectivity index (χ1) is 19.9. The smallest absolute Gasteiger partial charge is 0.276 e. The number of carbonyl (C=O) groups is 2. The molecule has 0 saturated heterocycles. The number of aryl methyl sites for hydroxylation is 2. The lowest BCUT2D eigenvalue weighted by atomic mass is 9.82. The van der Waals surface area contributed by atoms with Crippen LogP contribution >= 0.6 is 11.6 Å². The summed E-state index contributed by atoms with van der Waals surface area (Å²) in [5.41, 5.74) is 3.29. The third-order valence-corrected chi connectivity index (χ3v) is 7.96. The number of imidazole rings is 2. The third kappa shape index (κ3) is 6.84. The molecular weight excluding hydrogens is 542 g/mol. The summed E-state index contributed by atoms with van der Waals surface area (Å²) >= 11 is 5.98. The molecule has 0 spiro atoms. The van der Waals surface area contributed by atoms with E-state index in [2.05, 4.69) is 30.9 Å². The molecule has 2 fully saturated rings. The minimum absolute atomic E-state index is 0.244. The topological polar surface area (TPSA) is 131 Å². The van der Waals surface area contributed by atoms with Gasteiger partial charge < -0.3 is 20.5 Å². The molecule has 0 bridgehead atoms. The molecule has 12 heteroatoms. The number of ketones is 1. The predicted molar refractivity (Wildman–Crippen MR) is 157 cm³/mol. The van der Waals surface area contributed by atoms with Crippen molar-refractivity contribution in [2.24, 2.45) is 13.0 Å². The van der Waals surface area contributed by atoms with Crippen LogP contribution in [0.25, 0.3) is 5.65 Å². The molecule has 11 nitrogen and oxygen atoms in total. The molecule has 4 aromatic heterocycles. The standard InChI is InChI=1S/C29H34ClN9O2/c1-38-16-22(33-17-38)8-9-23(40)12-18-2-4-20(5-3-18)35-27-14-24(34-19-6-7-19)28-32-15-25(39(28)37-27)29(41)36-21-10-11-31-26(30)13-21/h10-11,13-20,34H,2-9,12H2,1H3,(H,35,37)(H,31,36,41). The highest BCUT2D eigenvalue weighted by atomic mass is 35.5. The maximum atomic E-state index is 13.2. The molecule has 4 aromatic rings. The van der Waals surface area contributed by atoms with Gasteiger partial charge in [0.25, 0.3) is 5.91 Å². The number of hydrogen-bond acceptors (Lipinski definition) is 8. The number of hydrogen-bond donors (Lipinski definition) is 3. The van der Waals surface area contributed by atoms with Gasteiger partial charge in [-0.05, 0) is 63.0 Å². The predicted octanol–water partition coefficient (Wildman–Crippen LogP) is 4.90. The van der Waals surface area contributed by atoms with Gasteiger partial charge in [0.2, 0.25) is 0 Å². The number of anilines is 3. The van der Waals surface area contributed by atoms with Gasteiger partial charge in [-0.15, -0.1) is 5.10 Å². The van der Waals surface area contributed by atoms with Crippen LogP contribution in [0.5, 0.6) is 0 Å². The van der Waals surface area contributed by atoms with Gasteiger partial charge in [0.1, 0.15) is 16.8 Å². The van der Waals surface area contributed by atoms with Crippen LogP contribution in [0.4, 0.5) is 17.2 Å². The van der Waals surface area contributed by atoms with Crippen molar-refractivity contribution in [3.05, 3.63) is 59.7 Å². The van der Waals surface area contributed by atoms with Crippen molar-refractivity contribution in [2.45, 2.75) is 69.9 Å². The van der Waals surface area contributed by atoms with Gasteiger partial charge in [-0.25, -0.2) is 19.5 Å². The Morgan fingerprint density at radius 3 is 2.54 bits per heavy atom. The van der Waals surface area contributed by atoms with E-state index in [4.69, 9.17) is 16.7 Å². The zero-order valence-electron chi connectivity index (χ0n) is 23.0. The molecule has 214 valence electrons. The quantitative estimate of drug-likeness (QED) is 0.215. The molecule has 2 aliphatic rings. The van der Waals surface area contributed by atoms with E-state index in [-0.39, 0.29) is 11.9 Å². The summed E-state index contributed by atoms with van der Waals surface area (Å²) < 4.78 is 3.50. The fraction of sp³-hybridized carbons (Fsp3) is 0.448. The van der Waals surface area contributed by atoms with Gasteiger partial charge in [0.15, 0.2) is 11.3 Å². The van der Waals surface area contributed by atoms with Crippen LogP contribution in [0.15, 0.2) is 43.1 Å². The highest BCUT2D eigenvalue weighted by Gasteiger charge is 2.26. The van der Waals surface area contributed by atoms with Crippen LogP contribution < -0.4 is 16.0 Å². The molecule has 1 amide bonds. The number of aromatic nitrogens is 6. The summed E-state index contributed by atoms with van der Waals surface area (Å²) in [6.45, 7) is 0. The van der Waals surface area contributed by atoms with E-state index in [9.17, 15) is 9.59 Å². The second-order valence-electron chi connectivity index (χ2n) is 11.2. The van der Waals surface area contributed by atoms with E-state index in [1.807, 2.05) is 23.9 Å². The minimum Gasteiger partial charge on any atom is -0.379 e. The average Bonchev–Trinajstić information content (AvgIpc) is 3.49. The van der Waals surface area contributed by atoms with Gasteiger partial charge in [0, 0.05) is 56.1 Å². The zero-order chi connectivity index (χ0) is 28.3. The highest BCUT2D eigenvalue weighted by molar-refractivity contribution is 6.29. The van der Waals surface area contributed by atoms with E-state index in [0.29, 0.717) is 65.0 Å². The van der Waals surface area contributed by atoms with Crippen molar-refractivity contribution in [3.63, 3.8) is 0 Å². The normalized spacial score (nSPS) is 18.8. The number of fused-ring (bicyclic) bond motifs is 1. The molecular formula is C29H34ClN9O2. The molecule has 6 rings (SSSR count). The molecule has 3 N–H and O–H groups in total. The number of pyridine rings is 1. The Balaban J connectivity index is 1.10. The molecule has 0 radical (unpaired) electrons. The lowest BCUT2D eigenvalue weighted by Gasteiger charge is -2.29. The van der Waals surface area contributed by atoms with Crippen molar-refractivity contribution in [1.29, 1.82) is 0 Å². The number of halogens is 1. The fourth-order valence-corrected chi connectivity index (χ4v) is 5.60. The van der Waals surface area contributed by atoms with Crippen molar-refractivity contribution in [2.75, 3.05) is 16.0 Å². The number of amides is 1. The Hall–Kier alpha value is -3.99. The van der Waals surface area contributed by atoms with Crippen molar-refractivity contribution in [3.8, 4) is 0 Å². The van der Waals surface area contributed by atoms with Gasteiger partial charge in [-0.1, -0.05) is 11.6 Å². The average molecular weight is 576 g/mol. The number of Topliss-reactive ketones (excluding diaryl/α,β-unsaturated/α-hetero) is 1. The highest BCUT2D eigenvalue weighted by Crippen LogP contribution is 2.32. The monoisotopic (exact) mass is 575 g/mol. The molecule has 0 atom stereocenters. The van der Waals surface area contributed by atoms with E-state index < -0.39 is 0 Å². The summed E-state index contributed by atoms with van der Waals surface area (Å²) in [6.07, 6.45) is 14.8. The summed E-state index contributed by atoms with van der Waals surface area (Å²) in [5, 5.41) is 15.0. The second-order valence-corrected chi connectivity index (χ2v) is 11.6. The van der Waals surface area contributed by atoms with Gasteiger partial charge in [-0.3, -0.25) is 9.59 Å². The van der Waals surface area contributed by atoms with Gasteiger partial charge in [0.05, 0.1) is 23.9 Å². The first-order valence-corrected chi connectivity index (χ1v) is 14.6. The van der Waals surface area contributed by atoms with Crippen LogP contribution in [-0.4, -0.2) is 52.9 Å². The van der Waals surface area contributed by atoms with Crippen LogP contribution in [-0.2, 0) is 18.3 Å². The first-order valence-electron chi connectivity index (χ1n) is 14.2. The van der Waals surface area contributed by atoms with Crippen LogP contribution in [0.2, 0.25) is 5.15 Å². The maximum Gasteiger partial charge on any atom is 0.276 e. The summed E-state index contributed by atoms with van der Waals surface area (Å²) in [6, 6.07) is 5.91. The van der Waals surface area contributed by atoms with Crippen LogP contribution in [0.3, 0.4) is 0 Å². The second kappa shape index (κ2) is 11.9. The number of nitrogens with one attached hydrogen (secondary N) is 3. The molecule has 2 saturated carbocycles. The van der Waals surface area contributed by atoms with Crippen LogP contribution in [0.1, 0.15) is 67.5 Å². The Bertz CT molecular complexity index is 1550. The summed E-state index contributed by atoms with van der Waals surface area (Å²) in [4.78, 5) is 38.5. The zero-order valence-corrected chi connectivity index (χ0v) is 23.8. The van der Waals surface area contributed by atoms with Gasteiger partial charge >= 0.3 is 0 Å². The van der Waals surface area contributed by atoms with E-state index in [1.54, 1.807) is 29.2 Å². The molecule has 0 unspecified atom stereocenters. The molecule has 0 aliphatic heterocycles. The Labute approximate surface area is 243 Å². The lowest BCUT2D eigenvalue weighted by molar-refractivity contribution is -0.120. The Morgan fingerprint density at radius 1 is 1.02 bits per heavy atom. The maximum absolute atomic E-state index is 13.2. The Kier molecular flexibility index (Phi) is 7.86. The van der Waals surface area contributed by atoms with Crippen molar-refractivity contribution < 1.29 is 9.59 Å². The summed E-state index contributed by atoms with van der Waals surface area (Å²) in [5.74, 6) is 1.08.